The molecule has 0 radical (unpaired) electrons. The molecule has 0 saturated carbocycles. The van der Waals surface area contributed by atoms with Crippen molar-refractivity contribution >= 4 is 23.1 Å². The van der Waals surface area contributed by atoms with Crippen molar-refractivity contribution in [2.75, 3.05) is 5.32 Å². The summed E-state index contributed by atoms with van der Waals surface area (Å²) >= 11 is 0. The lowest BCUT2D eigenvalue weighted by Gasteiger charge is -2.02. The van der Waals surface area contributed by atoms with E-state index in [4.69, 9.17) is 9.90 Å². The van der Waals surface area contributed by atoms with Crippen molar-refractivity contribution in [2.45, 2.75) is 12.6 Å². The Morgan fingerprint density at radius 1 is 1.00 bits per heavy atom. The van der Waals surface area contributed by atoms with E-state index in [2.05, 4.69) is 20.3 Å². The molecule has 0 spiro atoms. The lowest BCUT2D eigenvalue weighted by molar-refractivity contribution is -0.192. The second-order valence-corrected chi connectivity index (χ2v) is 6.36. The molecular weight excluding hydrogens is 427 g/mol. The topological polar surface area (TPSA) is 109 Å². The predicted octanol–water partition coefficient (Wildman–Crippen LogP) is 3.60. The molecule has 0 aliphatic carbocycles. The van der Waals surface area contributed by atoms with Crippen molar-refractivity contribution in [1.29, 1.82) is 0 Å². The number of aliphatic carboxylic acids is 1. The minimum Gasteiger partial charge on any atom is -0.475 e. The van der Waals surface area contributed by atoms with Crippen molar-refractivity contribution < 1.29 is 27.9 Å². The number of carboxylic acid groups (broad SMARTS) is 1. The van der Waals surface area contributed by atoms with Gasteiger partial charge in [-0.3, -0.25) is 14.8 Å². The molecule has 0 unspecified atom stereocenters. The summed E-state index contributed by atoms with van der Waals surface area (Å²) in [6.45, 7) is 0. The summed E-state index contributed by atoms with van der Waals surface area (Å²) in [6.07, 6.45) is 4.24. The zero-order chi connectivity index (χ0) is 23.1. The van der Waals surface area contributed by atoms with Gasteiger partial charge in [-0.1, -0.05) is 12.1 Å². The molecule has 0 aliphatic rings. The molecule has 0 saturated heterocycles. The highest BCUT2D eigenvalue weighted by molar-refractivity contribution is 6.07. The van der Waals surface area contributed by atoms with Crippen LogP contribution in [0.15, 0.2) is 73.4 Å². The van der Waals surface area contributed by atoms with Crippen LogP contribution in [0, 0.1) is 0 Å². The van der Waals surface area contributed by atoms with Gasteiger partial charge in [0.2, 0.25) is 0 Å². The summed E-state index contributed by atoms with van der Waals surface area (Å²) in [7, 11) is 0. The third-order valence-electron chi connectivity index (χ3n) is 4.10. The Labute approximate surface area is 179 Å². The third-order valence-corrected chi connectivity index (χ3v) is 4.10. The van der Waals surface area contributed by atoms with Crippen LogP contribution in [0.3, 0.4) is 0 Å². The number of alkyl halides is 3. The van der Waals surface area contributed by atoms with E-state index in [9.17, 15) is 18.0 Å². The fraction of sp³-hybridized carbons (Fsp3) is 0.0952. The Hall–Kier alpha value is -4.28. The molecule has 8 nitrogen and oxygen atoms in total. The Balaban J connectivity index is 0.000000360. The quantitative estimate of drug-likeness (QED) is 0.499. The Bertz CT molecular complexity index is 1210. The van der Waals surface area contributed by atoms with E-state index < -0.39 is 12.1 Å². The Morgan fingerprint density at radius 2 is 1.72 bits per heavy atom. The molecule has 164 valence electrons. The molecule has 0 aliphatic heterocycles. The van der Waals surface area contributed by atoms with Crippen LogP contribution in [-0.2, 0) is 11.2 Å². The first-order valence-electron chi connectivity index (χ1n) is 9.12. The first-order chi connectivity index (χ1) is 15.3. The molecule has 4 rings (SSSR count). The first kappa shape index (κ1) is 22.4. The number of hydrogen-bond donors (Lipinski definition) is 2. The zero-order valence-electron chi connectivity index (χ0n) is 16.3. The minimum atomic E-state index is -5.08. The van der Waals surface area contributed by atoms with E-state index in [1.807, 2.05) is 40.9 Å². The van der Waals surface area contributed by atoms with Gasteiger partial charge in [-0.25, -0.2) is 9.78 Å². The number of amides is 1. The number of carbonyl (C=O) groups excluding carboxylic acids is 1. The first-order valence-corrected chi connectivity index (χ1v) is 9.12. The summed E-state index contributed by atoms with van der Waals surface area (Å²) in [6, 6.07) is 13.1. The maximum Gasteiger partial charge on any atom is 0.490 e. The number of imidazole rings is 1. The summed E-state index contributed by atoms with van der Waals surface area (Å²) in [5, 5.41) is 9.99. The van der Waals surface area contributed by atoms with Crippen LogP contribution in [0.4, 0.5) is 18.9 Å². The van der Waals surface area contributed by atoms with E-state index in [0.717, 1.165) is 16.9 Å². The third kappa shape index (κ3) is 5.65. The van der Waals surface area contributed by atoms with Gasteiger partial charge in [-0.15, -0.1) is 0 Å². The van der Waals surface area contributed by atoms with E-state index in [-0.39, 0.29) is 5.91 Å². The molecule has 0 aromatic carbocycles. The molecule has 0 bridgehead atoms. The van der Waals surface area contributed by atoms with Gasteiger partial charge in [0.1, 0.15) is 5.82 Å². The van der Waals surface area contributed by atoms with Crippen molar-refractivity contribution in [3.63, 3.8) is 0 Å². The van der Waals surface area contributed by atoms with Crippen LogP contribution in [0.5, 0.6) is 0 Å². The molecule has 1 amide bonds. The normalized spacial score (nSPS) is 10.8. The second-order valence-electron chi connectivity index (χ2n) is 6.36. The van der Waals surface area contributed by atoms with Gasteiger partial charge in [0.15, 0.2) is 5.69 Å². The average molecular weight is 443 g/mol. The smallest absolute Gasteiger partial charge is 0.475 e. The molecule has 2 N–H and O–H groups in total. The highest BCUT2D eigenvalue weighted by atomic mass is 19.4. The Kier molecular flexibility index (Phi) is 6.78. The number of fused-ring (bicyclic) bond motifs is 1. The molecule has 4 heterocycles. The molecule has 4 aromatic heterocycles. The Morgan fingerprint density at radius 3 is 2.34 bits per heavy atom. The van der Waals surface area contributed by atoms with Gasteiger partial charge >= 0.3 is 12.1 Å². The van der Waals surface area contributed by atoms with Crippen LogP contribution >= 0.6 is 0 Å². The summed E-state index contributed by atoms with van der Waals surface area (Å²) in [5.74, 6) is -2.21. The van der Waals surface area contributed by atoms with Gasteiger partial charge < -0.3 is 14.8 Å². The summed E-state index contributed by atoms with van der Waals surface area (Å²) < 4.78 is 33.7. The van der Waals surface area contributed by atoms with Crippen LogP contribution < -0.4 is 5.32 Å². The van der Waals surface area contributed by atoms with Crippen LogP contribution in [0.1, 0.15) is 21.9 Å². The lowest BCUT2D eigenvalue weighted by Crippen LogP contribution is -2.21. The van der Waals surface area contributed by atoms with Crippen molar-refractivity contribution in [3.8, 4) is 0 Å². The van der Waals surface area contributed by atoms with E-state index in [1.54, 1.807) is 36.9 Å². The van der Waals surface area contributed by atoms with Gasteiger partial charge in [-0.2, -0.15) is 13.2 Å². The van der Waals surface area contributed by atoms with Gasteiger partial charge in [0, 0.05) is 43.1 Å². The lowest BCUT2D eigenvalue weighted by atomic mass is 10.2. The standard InChI is InChI=1S/C19H15N5O.C2HF3O2/c25-19(22-15-6-9-20-10-7-15)18-16-5-1-2-11-24(16)17(23-18)12-14-4-3-8-21-13-14;3-2(4,5)1(6)7/h1-11,13H,12H2,(H,20,22,25);(H,6,7). The number of aromatic nitrogens is 4. The van der Waals surface area contributed by atoms with Crippen LogP contribution in [0.25, 0.3) is 5.52 Å². The fourth-order valence-corrected chi connectivity index (χ4v) is 2.70. The molecule has 32 heavy (non-hydrogen) atoms. The highest BCUT2D eigenvalue weighted by Gasteiger charge is 2.38. The average Bonchev–Trinajstić information content (AvgIpc) is 3.14. The van der Waals surface area contributed by atoms with Crippen molar-refractivity contribution in [3.05, 3.63) is 90.5 Å². The molecule has 0 fully saturated rings. The fourth-order valence-electron chi connectivity index (χ4n) is 2.70. The minimum absolute atomic E-state index is 0.243. The predicted molar refractivity (Wildman–Crippen MR) is 108 cm³/mol. The second kappa shape index (κ2) is 9.69. The molecule has 4 aromatic rings. The number of anilines is 1. The zero-order valence-corrected chi connectivity index (χ0v) is 16.3. The summed E-state index contributed by atoms with van der Waals surface area (Å²) in [4.78, 5) is 34.2. The maximum atomic E-state index is 12.7. The number of nitrogens with zero attached hydrogens (tertiary/aromatic N) is 4. The van der Waals surface area contributed by atoms with Crippen molar-refractivity contribution in [1.82, 2.24) is 19.4 Å². The number of carboxylic acids is 1. The van der Waals surface area contributed by atoms with Crippen LogP contribution in [-0.4, -0.2) is 42.5 Å². The SMILES string of the molecule is O=C(Nc1ccncc1)c1nc(Cc2cccnc2)n2ccccc12.O=C(O)C(F)(F)F. The van der Waals surface area contributed by atoms with Crippen LogP contribution in [0.2, 0.25) is 0 Å². The number of hydrogen-bond acceptors (Lipinski definition) is 5. The summed E-state index contributed by atoms with van der Waals surface area (Å²) in [5.41, 5.74) is 2.90. The highest BCUT2D eigenvalue weighted by Crippen LogP contribution is 2.17. The largest absolute Gasteiger partial charge is 0.490 e. The molecule has 0 atom stereocenters. The van der Waals surface area contributed by atoms with E-state index in [1.165, 1.54) is 0 Å². The molecular formula is C21H16F3N5O3. The number of halogens is 3. The van der Waals surface area contributed by atoms with E-state index in [0.29, 0.717) is 17.8 Å². The van der Waals surface area contributed by atoms with Gasteiger partial charge in [0.05, 0.1) is 5.52 Å². The van der Waals surface area contributed by atoms with Gasteiger partial charge in [-0.05, 0) is 35.9 Å². The van der Waals surface area contributed by atoms with Gasteiger partial charge in [0.25, 0.3) is 5.91 Å². The van der Waals surface area contributed by atoms with E-state index >= 15 is 0 Å². The number of rotatable bonds is 4. The number of pyridine rings is 3. The molecule has 11 heteroatoms. The monoisotopic (exact) mass is 443 g/mol. The maximum absolute atomic E-state index is 12.7. The number of nitrogens with one attached hydrogen (secondary N) is 1. The van der Waals surface area contributed by atoms with Crippen molar-refractivity contribution in [2.24, 2.45) is 0 Å². The number of carbonyl (C=O) groups is 2.